The van der Waals surface area contributed by atoms with Crippen molar-refractivity contribution in [2.24, 2.45) is 0 Å². The minimum absolute atomic E-state index is 0.0430. The number of hydrogen-bond donors (Lipinski definition) is 2. The number of amides is 2. The number of aromatic carboxylic acids is 1. The molecular weight excluding hydrogens is 272 g/mol. The molecule has 1 aromatic rings. The average molecular weight is 292 g/mol. The smallest absolute Gasteiger partial charge is 0.354 e. The summed E-state index contributed by atoms with van der Waals surface area (Å²) in [5.74, 6) is -1.09. The standard InChI is InChI=1S/C14H20N4O3/c1-10(2)17-5-7-18(8-6-17)14(21)16-11-3-4-12(13(19)20)15-9-11/h3-4,9-10H,5-8H2,1-2H3,(H,16,21)(H,19,20). The Balaban J connectivity index is 1.89. The van der Waals surface area contributed by atoms with Gasteiger partial charge in [-0.25, -0.2) is 14.6 Å². The summed E-state index contributed by atoms with van der Waals surface area (Å²) in [7, 11) is 0. The molecule has 7 nitrogen and oxygen atoms in total. The minimum Gasteiger partial charge on any atom is -0.477 e. The average Bonchev–Trinajstić information content (AvgIpc) is 2.47. The van der Waals surface area contributed by atoms with Gasteiger partial charge >= 0.3 is 12.0 Å². The molecule has 0 aromatic carbocycles. The summed E-state index contributed by atoms with van der Waals surface area (Å²) in [5.41, 5.74) is 0.454. The van der Waals surface area contributed by atoms with Gasteiger partial charge < -0.3 is 15.3 Å². The third-order valence-corrected chi connectivity index (χ3v) is 3.57. The van der Waals surface area contributed by atoms with Crippen LogP contribution in [0.2, 0.25) is 0 Å². The number of hydrogen-bond acceptors (Lipinski definition) is 4. The van der Waals surface area contributed by atoms with E-state index < -0.39 is 5.97 Å². The van der Waals surface area contributed by atoms with Gasteiger partial charge in [0.1, 0.15) is 5.69 Å². The molecule has 0 bridgehead atoms. The van der Waals surface area contributed by atoms with Crippen molar-refractivity contribution in [1.82, 2.24) is 14.8 Å². The third-order valence-electron chi connectivity index (χ3n) is 3.57. The summed E-state index contributed by atoms with van der Waals surface area (Å²) in [5, 5.41) is 11.5. The van der Waals surface area contributed by atoms with Gasteiger partial charge in [-0.05, 0) is 26.0 Å². The van der Waals surface area contributed by atoms with Crippen LogP contribution in [-0.4, -0.2) is 64.1 Å². The summed E-state index contributed by atoms with van der Waals surface area (Å²) in [6.07, 6.45) is 1.35. The summed E-state index contributed by atoms with van der Waals surface area (Å²) in [6.45, 7) is 7.38. The number of pyridine rings is 1. The fraction of sp³-hybridized carbons (Fsp3) is 0.500. The van der Waals surface area contributed by atoms with Gasteiger partial charge in [0.2, 0.25) is 0 Å². The second kappa shape index (κ2) is 6.53. The zero-order valence-corrected chi connectivity index (χ0v) is 12.2. The molecule has 2 amide bonds. The normalized spacial score (nSPS) is 16.0. The van der Waals surface area contributed by atoms with Crippen LogP contribution in [0.4, 0.5) is 10.5 Å². The van der Waals surface area contributed by atoms with Gasteiger partial charge in [0.15, 0.2) is 0 Å². The van der Waals surface area contributed by atoms with E-state index in [1.54, 1.807) is 11.0 Å². The predicted molar refractivity (Wildman–Crippen MR) is 78.5 cm³/mol. The van der Waals surface area contributed by atoms with Gasteiger partial charge in [0, 0.05) is 32.2 Å². The molecule has 1 aliphatic heterocycles. The van der Waals surface area contributed by atoms with Crippen LogP contribution in [0.3, 0.4) is 0 Å². The molecule has 114 valence electrons. The number of rotatable bonds is 3. The van der Waals surface area contributed by atoms with Crippen LogP contribution >= 0.6 is 0 Å². The number of aromatic nitrogens is 1. The van der Waals surface area contributed by atoms with Crippen LogP contribution in [-0.2, 0) is 0 Å². The van der Waals surface area contributed by atoms with Crippen LogP contribution in [0.15, 0.2) is 18.3 Å². The highest BCUT2D eigenvalue weighted by Crippen LogP contribution is 2.10. The molecule has 2 rings (SSSR count). The van der Waals surface area contributed by atoms with Crippen LogP contribution in [0.25, 0.3) is 0 Å². The molecular formula is C14H20N4O3. The van der Waals surface area contributed by atoms with Gasteiger partial charge in [-0.2, -0.15) is 0 Å². The van der Waals surface area contributed by atoms with E-state index in [2.05, 4.69) is 29.0 Å². The molecule has 21 heavy (non-hydrogen) atoms. The number of nitrogens with zero attached hydrogens (tertiary/aromatic N) is 3. The first kappa shape index (κ1) is 15.2. The van der Waals surface area contributed by atoms with E-state index >= 15 is 0 Å². The second-order valence-electron chi connectivity index (χ2n) is 5.28. The van der Waals surface area contributed by atoms with Crippen molar-refractivity contribution in [3.63, 3.8) is 0 Å². The highest BCUT2D eigenvalue weighted by Gasteiger charge is 2.22. The van der Waals surface area contributed by atoms with Crippen molar-refractivity contribution in [1.29, 1.82) is 0 Å². The molecule has 0 atom stereocenters. The monoisotopic (exact) mass is 292 g/mol. The summed E-state index contributed by atoms with van der Waals surface area (Å²) < 4.78 is 0. The molecule has 1 aliphatic rings. The van der Waals surface area contributed by atoms with E-state index in [-0.39, 0.29) is 11.7 Å². The molecule has 2 N–H and O–H groups in total. The lowest BCUT2D eigenvalue weighted by Crippen LogP contribution is -2.51. The number of nitrogens with one attached hydrogen (secondary N) is 1. The first-order valence-electron chi connectivity index (χ1n) is 6.96. The lowest BCUT2D eigenvalue weighted by atomic mass is 10.2. The van der Waals surface area contributed by atoms with Crippen LogP contribution < -0.4 is 5.32 Å². The zero-order valence-electron chi connectivity index (χ0n) is 12.2. The number of carbonyl (C=O) groups excluding carboxylic acids is 1. The van der Waals surface area contributed by atoms with Gasteiger partial charge in [-0.1, -0.05) is 0 Å². The van der Waals surface area contributed by atoms with Gasteiger partial charge in [0.05, 0.1) is 11.9 Å². The molecule has 0 aliphatic carbocycles. The van der Waals surface area contributed by atoms with Gasteiger partial charge in [-0.3, -0.25) is 4.90 Å². The lowest BCUT2D eigenvalue weighted by Gasteiger charge is -2.36. The quantitative estimate of drug-likeness (QED) is 0.878. The second-order valence-corrected chi connectivity index (χ2v) is 5.28. The Hall–Kier alpha value is -2.15. The molecule has 0 saturated carbocycles. The van der Waals surface area contributed by atoms with E-state index in [9.17, 15) is 9.59 Å². The fourth-order valence-electron chi connectivity index (χ4n) is 2.24. The molecule has 1 fully saturated rings. The molecule has 1 aromatic heterocycles. The maximum atomic E-state index is 12.1. The highest BCUT2D eigenvalue weighted by atomic mass is 16.4. The van der Waals surface area contributed by atoms with E-state index in [0.717, 1.165) is 13.1 Å². The number of piperazine rings is 1. The van der Waals surface area contributed by atoms with Crippen LogP contribution in [0, 0.1) is 0 Å². The van der Waals surface area contributed by atoms with Crippen LogP contribution in [0.5, 0.6) is 0 Å². The first-order valence-corrected chi connectivity index (χ1v) is 6.96. The Kier molecular flexibility index (Phi) is 4.74. The predicted octanol–water partition coefficient (Wildman–Crippen LogP) is 1.34. The molecule has 0 spiro atoms. The largest absolute Gasteiger partial charge is 0.477 e. The Bertz CT molecular complexity index is 507. The number of carboxylic acids is 1. The van der Waals surface area contributed by atoms with E-state index in [4.69, 9.17) is 5.11 Å². The Morgan fingerprint density at radius 1 is 1.24 bits per heavy atom. The summed E-state index contributed by atoms with van der Waals surface area (Å²) >= 11 is 0. The maximum Gasteiger partial charge on any atom is 0.354 e. The Morgan fingerprint density at radius 3 is 2.38 bits per heavy atom. The topological polar surface area (TPSA) is 85.8 Å². The molecule has 7 heteroatoms. The lowest BCUT2D eigenvalue weighted by molar-refractivity contribution is 0.0690. The van der Waals surface area contributed by atoms with Crippen molar-refractivity contribution >= 4 is 17.7 Å². The molecule has 0 unspecified atom stereocenters. The van der Waals surface area contributed by atoms with E-state index in [0.29, 0.717) is 24.8 Å². The van der Waals surface area contributed by atoms with Gasteiger partial charge in [0.25, 0.3) is 0 Å². The number of carbonyl (C=O) groups is 2. The Labute approximate surface area is 123 Å². The van der Waals surface area contributed by atoms with Crippen molar-refractivity contribution in [3.05, 3.63) is 24.0 Å². The zero-order chi connectivity index (χ0) is 15.4. The summed E-state index contributed by atoms with van der Waals surface area (Å²) in [6, 6.07) is 3.22. The van der Waals surface area contributed by atoms with Crippen molar-refractivity contribution in [3.8, 4) is 0 Å². The first-order chi connectivity index (χ1) is 9.97. The molecule has 2 heterocycles. The van der Waals surface area contributed by atoms with Crippen molar-refractivity contribution < 1.29 is 14.7 Å². The molecule has 1 saturated heterocycles. The fourth-order valence-corrected chi connectivity index (χ4v) is 2.24. The van der Waals surface area contributed by atoms with E-state index in [1.165, 1.54) is 12.3 Å². The number of carboxylic acid groups (broad SMARTS) is 1. The number of urea groups is 1. The van der Waals surface area contributed by atoms with Crippen LogP contribution in [0.1, 0.15) is 24.3 Å². The summed E-state index contributed by atoms with van der Waals surface area (Å²) in [4.78, 5) is 30.7. The minimum atomic E-state index is -1.09. The van der Waals surface area contributed by atoms with Crippen molar-refractivity contribution in [2.75, 3.05) is 31.5 Å². The Morgan fingerprint density at radius 2 is 1.90 bits per heavy atom. The third kappa shape index (κ3) is 3.91. The SMILES string of the molecule is CC(C)N1CCN(C(=O)Nc2ccc(C(=O)O)nc2)CC1. The van der Waals surface area contributed by atoms with Crippen molar-refractivity contribution in [2.45, 2.75) is 19.9 Å². The van der Waals surface area contributed by atoms with E-state index in [1.807, 2.05) is 0 Å². The maximum absolute atomic E-state index is 12.1. The number of anilines is 1. The van der Waals surface area contributed by atoms with Gasteiger partial charge in [-0.15, -0.1) is 0 Å². The highest BCUT2D eigenvalue weighted by molar-refractivity contribution is 5.90. The molecule has 0 radical (unpaired) electrons.